The number of aliphatic hydroxyl groups is 1. The van der Waals surface area contributed by atoms with Crippen LogP contribution in [0.25, 0.3) is 0 Å². The first-order chi connectivity index (χ1) is 15.4. The van der Waals surface area contributed by atoms with Crippen molar-refractivity contribution in [2.24, 2.45) is 0 Å². The number of halogens is 3. The quantitative estimate of drug-likeness (QED) is 0.318. The van der Waals surface area contributed by atoms with Gasteiger partial charge in [0.1, 0.15) is 11.6 Å². The van der Waals surface area contributed by atoms with E-state index in [1.807, 2.05) is 30.3 Å². The smallest absolute Gasteiger partial charge is 0.126 e. The lowest BCUT2D eigenvalue weighted by Crippen LogP contribution is -2.44. The summed E-state index contributed by atoms with van der Waals surface area (Å²) in [4.78, 5) is 0.879. The molecule has 2 atom stereocenters. The third-order valence-electron chi connectivity index (χ3n) is 5.05. The molecule has 0 amide bonds. The molecular weight excluding hydrogens is 450 g/mol. The molecule has 0 saturated carbocycles. The average Bonchev–Trinajstić information content (AvgIpc) is 2.76. The summed E-state index contributed by atoms with van der Waals surface area (Å²) >= 11 is 7.38. The van der Waals surface area contributed by atoms with Gasteiger partial charge in [-0.1, -0.05) is 48.9 Å². The molecule has 0 bridgehead atoms. The van der Waals surface area contributed by atoms with Gasteiger partial charge in [0.15, 0.2) is 0 Å². The molecule has 3 rings (SSSR count). The highest BCUT2D eigenvalue weighted by atomic mass is 35.5. The molecule has 0 aromatic heterocycles. The maximum Gasteiger partial charge on any atom is 0.126 e. The van der Waals surface area contributed by atoms with E-state index in [9.17, 15) is 13.9 Å². The second-order valence-corrected chi connectivity index (χ2v) is 8.99. The van der Waals surface area contributed by atoms with E-state index >= 15 is 0 Å². The Bertz CT molecular complexity index is 1000. The molecule has 32 heavy (non-hydrogen) atoms. The lowest BCUT2D eigenvalue weighted by atomic mass is 10.0. The molecule has 0 fully saturated rings. The molecule has 0 unspecified atom stereocenters. The molecule has 170 valence electrons. The summed E-state index contributed by atoms with van der Waals surface area (Å²) in [5, 5.41) is 14.8. The fraction of sp³-hybridized carbons (Fsp3) is 0.280. The molecule has 3 N–H and O–H groups in total. The summed E-state index contributed by atoms with van der Waals surface area (Å²) in [7, 11) is 0. The summed E-state index contributed by atoms with van der Waals surface area (Å²) in [6.07, 6.45) is 0.437. The Morgan fingerprint density at radius 3 is 2.38 bits per heavy atom. The van der Waals surface area contributed by atoms with Gasteiger partial charge in [0.25, 0.3) is 0 Å². The number of hydrogen-bond acceptors (Lipinski definition) is 4. The average molecular weight is 477 g/mol. The second-order valence-electron chi connectivity index (χ2n) is 7.64. The van der Waals surface area contributed by atoms with Crippen molar-refractivity contribution in [1.82, 2.24) is 10.0 Å². The number of nitrogens with one attached hydrogen (secondary N) is 2. The third-order valence-corrected chi connectivity index (χ3v) is 6.19. The first-order valence-corrected chi connectivity index (χ1v) is 11.7. The summed E-state index contributed by atoms with van der Waals surface area (Å²) in [6.45, 7) is 3.05. The van der Waals surface area contributed by atoms with E-state index < -0.39 is 23.8 Å². The molecular formula is C25H27ClF2N2OS. The SMILES string of the molecule is CCc1cccc(CNC[C@@H](O)[C@H](Cc2cc(F)cc(F)c2)NSc2cccc(Cl)c2)c1. The number of hydrogen-bond donors (Lipinski definition) is 3. The first-order valence-electron chi connectivity index (χ1n) is 10.5. The van der Waals surface area contributed by atoms with Gasteiger partial charge in [0, 0.05) is 35.1 Å². The van der Waals surface area contributed by atoms with Crippen LogP contribution >= 0.6 is 23.5 Å². The summed E-state index contributed by atoms with van der Waals surface area (Å²) in [5.74, 6) is -1.27. The minimum atomic E-state index is -0.789. The van der Waals surface area contributed by atoms with E-state index in [-0.39, 0.29) is 6.42 Å². The largest absolute Gasteiger partial charge is 0.390 e. The van der Waals surface area contributed by atoms with Crippen molar-refractivity contribution in [3.63, 3.8) is 0 Å². The normalized spacial score (nSPS) is 13.2. The number of aryl methyl sites for hydroxylation is 1. The first kappa shape index (κ1) is 24.7. The van der Waals surface area contributed by atoms with Crippen LogP contribution in [0.1, 0.15) is 23.6 Å². The van der Waals surface area contributed by atoms with E-state index in [0.717, 1.165) is 22.9 Å². The fourth-order valence-electron chi connectivity index (χ4n) is 3.38. The zero-order chi connectivity index (χ0) is 22.9. The Labute approximate surface area is 197 Å². The molecule has 0 heterocycles. The van der Waals surface area contributed by atoms with Gasteiger partial charge in [-0.05, 0) is 71.8 Å². The monoisotopic (exact) mass is 476 g/mol. The van der Waals surface area contributed by atoms with E-state index in [0.29, 0.717) is 23.7 Å². The minimum absolute atomic E-state index is 0.260. The topological polar surface area (TPSA) is 44.3 Å². The molecule has 0 radical (unpaired) electrons. The minimum Gasteiger partial charge on any atom is -0.390 e. The third kappa shape index (κ3) is 7.87. The summed E-state index contributed by atoms with van der Waals surface area (Å²) in [6, 6.07) is 18.6. The predicted molar refractivity (Wildman–Crippen MR) is 128 cm³/mol. The lowest BCUT2D eigenvalue weighted by Gasteiger charge is -2.24. The fourth-order valence-corrected chi connectivity index (χ4v) is 4.49. The van der Waals surface area contributed by atoms with E-state index in [1.54, 1.807) is 6.07 Å². The predicted octanol–water partition coefficient (Wildman–Crippen LogP) is 5.54. The van der Waals surface area contributed by atoms with Gasteiger partial charge in [-0.2, -0.15) is 0 Å². The van der Waals surface area contributed by atoms with E-state index in [4.69, 9.17) is 11.6 Å². The van der Waals surface area contributed by atoms with Gasteiger partial charge in [0.2, 0.25) is 0 Å². The molecule has 7 heteroatoms. The zero-order valence-corrected chi connectivity index (χ0v) is 19.4. The Hall–Kier alpha value is -1.96. The number of rotatable bonds is 11. The van der Waals surface area contributed by atoms with Crippen LogP contribution in [0.4, 0.5) is 8.78 Å². The molecule has 0 saturated heterocycles. The molecule has 0 aliphatic heterocycles. The van der Waals surface area contributed by atoms with Crippen molar-refractivity contribution in [2.75, 3.05) is 6.54 Å². The Morgan fingerprint density at radius 1 is 0.938 bits per heavy atom. The Balaban J connectivity index is 1.65. The van der Waals surface area contributed by atoms with Crippen LogP contribution in [0.15, 0.2) is 71.6 Å². The van der Waals surface area contributed by atoms with Crippen LogP contribution in [0.2, 0.25) is 5.02 Å². The summed E-state index contributed by atoms with van der Waals surface area (Å²) < 4.78 is 30.6. The maximum atomic E-state index is 13.7. The molecule has 3 aromatic rings. The molecule has 0 aliphatic rings. The van der Waals surface area contributed by atoms with Gasteiger partial charge < -0.3 is 10.4 Å². The molecule has 3 aromatic carbocycles. The van der Waals surface area contributed by atoms with E-state index in [1.165, 1.54) is 29.6 Å². The zero-order valence-electron chi connectivity index (χ0n) is 17.8. The Kier molecular flexibility index (Phi) is 9.51. The van der Waals surface area contributed by atoms with Crippen molar-refractivity contribution >= 4 is 23.5 Å². The van der Waals surface area contributed by atoms with Gasteiger partial charge >= 0.3 is 0 Å². The van der Waals surface area contributed by atoms with Crippen LogP contribution in [0.5, 0.6) is 0 Å². The highest BCUT2D eigenvalue weighted by Crippen LogP contribution is 2.21. The number of aliphatic hydroxyl groups excluding tert-OH is 1. The highest BCUT2D eigenvalue weighted by Gasteiger charge is 2.20. The standard InChI is InChI=1S/C25H27ClF2N2OS/c1-2-17-5-3-6-18(9-17)15-29-16-25(31)24(12-19-10-21(27)14-22(28)11-19)30-32-23-8-4-7-20(26)13-23/h3-11,13-14,24-25,29-31H,2,12,15-16H2,1H3/t24-,25+/m0/s1. The van der Waals surface area contributed by atoms with Crippen LogP contribution in [0.3, 0.4) is 0 Å². The van der Waals surface area contributed by atoms with Crippen LogP contribution in [-0.4, -0.2) is 23.8 Å². The van der Waals surface area contributed by atoms with Crippen LogP contribution < -0.4 is 10.0 Å². The van der Waals surface area contributed by atoms with Gasteiger partial charge in [0.05, 0.1) is 6.10 Å². The van der Waals surface area contributed by atoms with Gasteiger partial charge in [-0.15, -0.1) is 0 Å². The van der Waals surface area contributed by atoms with E-state index in [2.05, 4.69) is 29.1 Å². The van der Waals surface area contributed by atoms with Crippen molar-refractivity contribution in [1.29, 1.82) is 0 Å². The Morgan fingerprint density at radius 2 is 1.66 bits per heavy atom. The highest BCUT2D eigenvalue weighted by molar-refractivity contribution is 7.97. The maximum absolute atomic E-state index is 13.7. The van der Waals surface area contributed by atoms with Crippen molar-refractivity contribution < 1.29 is 13.9 Å². The molecule has 3 nitrogen and oxygen atoms in total. The molecule has 0 spiro atoms. The second kappa shape index (κ2) is 12.3. The van der Waals surface area contributed by atoms with Gasteiger partial charge in [-0.3, -0.25) is 4.72 Å². The van der Waals surface area contributed by atoms with Crippen molar-refractivity contribution in [2.45, 2.75) is 43.4 Å². The summed E-state index contributed by atoms with van der Waals surface area (Å²) in [5.41, 5.74) is 2.87. The lowest BCUT2D eigenvalue weighted by molar-refractivity contribution is 0.136. The van der Waals surface area contributed by atoms with Crippen LogP contribution in [-0.2, 0) is 19.4 Å². The number of benzene rings is 3. The van der Waals surface area contributed by atoms with Crippen LogP contribution in [0, 0.1) is 11.6 Å². The molecule has 0 aliphatic carbocycles. The van der Waals surface area contributed by atoms with Gasteiger partial charge in [-0.25, -0.2) is 8.78 Å². The van der Waals surface area contributed by atoms with Crippen molar-refractivity contribution in [3.05, 3.63) is 100 Å². The van der Waals surface area contributed by atoms with Crippen molar-refractivity contribution in [3.8, 4) is 0 Å².